The molecule has 2 heteroatoms. The fourth-order valence-corrected chi connectivity index (χ4v) is 1.45. The Morgan fingerprint density at radius 3 is 1.74 bits per heavy atom. The van der Waals surface area contributed by atoms with Crippen LogP contribution in [0.1, 0.15) is 11.1 Å². The summed E-state index contributed by atoms with van der Waals surface area (Å²) in [6.45, 7) is 0. The monoisotopic (exact) mass is 247 g/mol. The summed E-state index contributed by atoms with van der Waals surface area (Å²) in [7, 11) is 1.64. The Hall–Kier alpha value is -2.84. The molecule has 0 aromatic heterocycles. The van der Waals surface area contributed by atoms with Crippen molar-refractivity contribution in [1.29, 1.82) is 0 Å². The first-order chi connectivity index (χ1) is 9.28. The van der Waals surface area contributed by atoms with Gasteiger partial charge in [0, 0.05) is 16.8 Å². The zero-order chi connectivity index (χ0) is 13.5. The van der Waals surface area contributed by atoms with Crippen LogP contribution in [-0.2, 0) is 0 Å². The standard InChI is InChI=1S/C17H13NO/c1-19-17-12-8-15(9-13-17)5-3-2-4-14-6-10-16(18)11-7-14/h6-13H,18H2,1H3. The number of anilines is 1. The van der Waals surface area contributed by atoms with Crippen molar-refractivity contribution < 1.29 is 4.74 Å². The van der Waals surface area contributed by atoms with Crippen LogP contribution in [0.15, 0.2) is 48.5 Å². The van der Waals surface area contributed by atoms with E-state index in [-0.39, 0.29) is 0 Å². The van der Waals surface area contributed by atoms with Crippen LogP contribution in [0.3, 0.4) is 0 Å². The second-order valence-corrected chi connectivity index (χ2v) is 3.85. The van der Waals surface area contributed by atoms with Crippen molar-refractivity contribution in [2.24, 2.45) is 0 Å². The summed E-state index contributed by atoms with van der Waals surface area (Å²) in [6, 6.07) is 14.9. The van der Waals surface area contributed by atoms with E-state index in [2.05, 4.69) is 23.7 Å². The van der Waals surface area contributed by atoms with E-state index in [1.54, 1.807) is 7.11 Å². The van der Waals surface area contributed by atoms with Gasteiger partial charge in [0.15, 0.2) is 0 Å². The molecule has 0 spiro atoms. The smallest absolute Gasteiger partial charge is 0.118 e. The Bertz CT molecular complexity index is 662. The minimum absolute atomic E-state index is 0.731. The molecular formula is C17H13NO. The molecule has 2 aromatic rings. The first-order valence-corrected chi connectivity index (χ1v) is 5.79. The van der Waals surface area contributed by atoms with E-state index in [4.69, 9.17) is 10.5 Å². The van der Waals surface area contributed by atoms with Crippen LogP contribution in [-0.4, -0.2) is 7.11 Å². The fourth-order valence-electron chi connectivity index (χ4n) is 1.45. The minimum Gasteiger partial charge on any atom is -0.497 e. The van der Waals surface area contributed by atoms with E-state index in [0.29, 0.717) is 0 Å². The number of methoxy groups -OCH3 is 1. The molecule has 0 radical (unpaired) electrons. The lowest BCUT2D eigenvalue weighted by atomic mass is 10.2. The number of nitrogen functional groups attached to an aromatic ring is 1. The topological polar surface area (TPSA) is 35.2 Å². The number of nitrogens with two attached hydrogens (primary N) is 1. The minimum atomic E-state index is 0.731. The van der Waals surface area contributed by atoms with Gasteiger partial charge >= 0.3 is 0 Å². The van der Waals surface area contributed by atoms with Crippen LogP contribution >= 0.6 is 0 Å². The van der Waals surface area contributed by atoms with Crippen molar-refractivity contribution in [3.63, 3.8) is 0 Å². The molecule has 0 fully saturated rings. The van der Waals surface area contributed by atoms with Gasteiger partial charge in [-0.05, 0) is 60.4 Å². The first kappa shape index (κ1) is 12.6. The molecule has 0 heterocycles. The van der Waals surface area contributed by atoms with E-state index in [0.717, 1.165) is 22.6 Å². The molecule has 0 atom stereocenters. The lowest BCUT2D eigenvalue weighted by Gasteiger charge is -1.96. The largest absolute Gasteiger partial charge is 0.497 e. The maximum absolute atomic E-state index is 5.59. The summed E-state index contributed by atoms with van der Waals surface area (Å²) in [5, 5.41) is 0. The predicted molar refractivity (Wildman–Crippen MR) is 77.6 cm³/mol. The summed E-state index contributed by atoms with van der Waals surface area (Å²) in [5.74, 6) is 12.4. The van der Waals surface area contributed by atoms with E-state index in [9.17, 15) is 0 Å². The molecule has 2 aromatic carbocycles. The summed E-state index contributed by atoms with van der Waals surface area (Å²) in [6.07, 6.45) is 0. The molecule has 19 heavy (non-hydrogen) atoms. The van der Waals surface area contributed by atoms with Crippen molar-refractivity contribution in [3.8, 4) is 29.4 Å². The molecule has 0 bridgehead atoms. The van der Waals surface area contributed by atoms with Crippen LogP contribution in [0.2, 0.25) is 0 Å². The van der Waals surface area contributed by atoms with Crippen molar-refractivity contribution in [1.82, 2.24) is 0 Å². The van der Waals surface area contributed by atoms with Crippen LogP contribution in [0, 0.1) is 23.7 Å². The SMILES string of the molecule is COc1ccc(C#CC#Cc2ccc(N)cc2)cc1. The predicted octanol–water partition coefficient (Wildman–Crippen LogP) is 2.68. The van der Waals surface area contributed by atoms with Crippen LogP contribution in [0.25, 0.3) is 0 Å². The van der Waals surface area contributed by atoms with Gasteiger partial charge in [-0.1, -0.05) is 11.8 Å². The number of benzene rings is 2. The van der Waals surface area contributed by atoms with E-state index in [1.807, 2.05) is 48.5 Å². The average molecular weight is 247 g/mol. The van der Waals surface area contributed by atoms with E-state index >= 15 is 0 Å². The van der Waals surface area contributed by atoms with Gasteiger partial charge in [-0.25, -0.2) is 0 Å². The Morgan fingerprint density at radius 1 is 0.789 bits per heavy atom. The zero-order valence-electron chi connectivity index (χ0n) is 10.6. The average Bonchev–Trinajstić information content (AvgIpc) is 2.46. The number of hydrogen-bond acceptors (Lipinski definition) is 2. The Morgan fingerprint density at radius 2 is 1.26 bits per heavy atom. The molecule has 0 aliphatic carbocycles. The van der Waals surface area contributed by atoms with Crippen LogP contribution in [0.5, 0.6) is 5.75 Å². The maximum atomic E-state index is 5.59. The number of ether oxygens (including phenoxy) is 1. The fraction of sp³-hybridized carbons (Fsp3) is 0.0588. The highest BCUT2D eigenvalue weighted by Gasteiger charge is 1.89. The summed E-state index contributed by atoms with van der Waals surface area (Å²) < 4.78 is 5.08. The molecule has 92 valence electrons. The van der Waals surface area contributed by atoms with Gasteiger partial charge in [0.25, 0.3) is 0 Å². The highest BCUT2D eigenvalue weighted by atomic mass is 16.5. The number of rotatable bonds is 1. The van der Waals surface area contributed by atoms with Crippen molar-refractivity contribution >= 4 is 5.69 Å². The third-order valence-electron chi connectivity index (χ3n) is 2.48. The molecule has 0 aliphatic rings. The molecule has 2 N–H and O–H groups in total. The van der Waals surface area contributed by atoms with Gasteiger partial charge in [0.05, 0.1) is 7.11 Å². The summed E-state index contributed by atoms with van der Waals surface area (Å²) in [5.41, 5.74) is 8.14. The molecule has 2 nitrogen and oxygen atoms in total. The van der Waals surface area contributed by atoms with Crippen LogP contribution in [0.4, 0.5) is 5.69 Å². The highest BCUT2D eigenvalue weighted by Crippen LogP contribution is 2.10. The third-order valence-corrected chi connectivity index (χ3v) is 2.48. The molecule has 2 rings (SSSR count). The highest BCUT2D eigenvalue weighted by molar-refractivity contribution is 5.48. The molecule has 0 aliphatic heterocycles. The van der Waals surface area contributed by atoms with Crippen LogP contribution < -0.4 is 10.5 Å². The summed E-state index contributed by atoms with van der Waals surface area (Å²) in [4.78, 5) is 0. The van der Waals surface area contributed by atoms with E-state index < -0.39 is 0 Å². The van der Waals surface area contributed by atoms with Crippen molar-refractivity contribution in [2.75, 3.05) is 12.8 Å². The maximum Gasteiger partial charge on any atom is 0.118 e. The van der Waals surface area contributed by atoms with E-state index in [1.165, 1.54) is 0 Å². The molecule has 0 saturated carbocycles. The van der Waals surface area contributed by atoms with Gasteiger partial charge in [-0.2, -0.15) is 0 Å². The van der Waals surface area contributed by atoms with Gasteiger partial charge < -0.3 is 10.5 Å². The van der Waals surface area contributed by atoms with Gasteiger partial charge in [0.2, 0.25) is 0 Å². The van der Waals surface area contributed by atoms with Gasteiger partial charge in [-0.3, -0.25) is 0 Å². The Kier molecular flexibility index (Phi) is 4.11. The lowest BCUT2D eigenvalue weighted by molar-refractivity contribution is 0.415. The molecule has 0 amide bonds. The quantitative estimate of drug-likeness (QED) is 0.621. The second kappa shape index (κ2) is 6.19. The number of hydrogen-bond donors (Lipinski definition) is 1. The van der Waals surface area contributed by atoms with Crippen molar-refractivity contribution in [3.05, 3.63) is 59.7 Å². The molecule has 0 saturated heterocycles. The summed E-state index contributed by atoms with van der Waals surface area (Å²) >= 11 is 0. The Balaban J connectivity index is 2.06. The zero-order valence-corrected chi connectivity index (χ0v) is 10.6. The molecule has 0 unspecified atom stereocenters. The lowest BCUT2D eigenvalue weighted by Crippen LogP contribution is -1.83. The molecular weight excluding hydrogens is 234 g/mol. The third kappa shape index (κ3) is 3.84. The first-order valence-electron chi connectivity index (χ1n) is 5.79. The normalized spacial score (nSPS) is 8.68. The second-order valence-electron chi connectivity index (χ2n) is 3.85. The van der Waals surface area contributed by atoms with Crippen molar-refractivity contribution in [2.45, 2.75) is 0 Å². The van der Waals surface area contributed by atoms with Gasteiger partial charge in [0.1, 0.15) is 5.75 Å². The van der Waals surface area contributed by atoms with Gasteiger partial charge in [-0.15, -0.1) is 0 Å². The Labute approximate surface area is 113 Å².